The van der Waals surface area contributed by atoms with Gasteiger partial charge < -0.3 is 15.1 Å². The van der Waals surface area contributed by atoms with Crippen molar-refractivity contribution >= 4 is 28.1 Å². The summed E-state index contributed by atoms with van der Waals surface area (Å²) in [5, 5.41) is 8.98. The van der Waals surface area contributed by atoms with E-state index >= 15 is 0 Å². The van der Waals surface area contributed by atoms with Gasteiger partial charge in [0.15, 0.2) is 5.82 Å². The first-order valence-corrected chi connectivity index (χ1v) is 10.9. The quantitative estimate of drug-likeness (QED) is 0.678. The molecule has 0 saturated carbocycles. The molecule has 28 heavy (non-hydrogen) atoms. The second-order valence-electron chi connectivity index (χ2n) is 8.33. The number of aromatic nitrogens is 2. The molecule has 1 N–H and O–H groups in total. The molecule has 3 heterocycles. The minimum absolute atomic E-state index is 0.0492. The number of rotatable bonds is 6. The van der Waals surface area contributed by atoms with Crippen molar-refractivity contribution in [2.24, 2.45) is 0 Å². The van der Waals surface area contributed by atoms with Crippen LogP contribution in [-0.4, -0.2) is 65.1 Å². The zero-order valence-corrected chi connectivity index (χ0v) is 17.8. The third-order valence-corrected chi connectivity index (χ3v) is 6.17. The van der Waals surface area contributed by atoms with E-state index in [1.165, 1.54) is 0 Å². The first kappa shape index (κ1) is 19.3. The number of benzene rings is 1. The monoisotopic (exact) mass is 395 g/mol. The van der Waals surface area contributed by atoms with Crippen molar-refractivity contribution in [3.8, 4) is 11.4 Å². The molecule has 0 atom stereocenters. The first-order valence-electron chi connectivity index (χ1n) is 9.99. The summed E-state index contributed by atoms with van der Waals surface area (Å²) in [5.74, 6) is 1.72. The fraction of sp³-hybridized carbons (Fsp3) is 0.455. The Hall–Kier alpha value is -2.02. The van der Waals surface area contributed by atoms with E-state index < -0.39 is 0 Å². The standard InChI is InChI=1S/C22H29N5S/c1-22(2,9-10-27-13-11-26(3)12-14-27)25-21-18-6-4-5-7-19(18)23-20(24-21)17-8-15-28-16-17/h4-8,15-16H,9-14H2,1-3H3,(H,23,24,25). The van der Waals surface area contributed by atoms with Crippen molar-refractivity contribution in [1.29, 1.82) is 0 Å². The van der Waals surface area contributed by atoms with Crippen LogP contribution in [0.5, 0.6) is 0 Å². The molecule has 1 aliphatic rings. The maximum atomic E-state index is 4.90. The number of likely N-dealkylation sites (N-methyl/N-ethyl adjacent to an activating group) is 1. The smallest absolute Gasteiger partial charge is 0.162 e. The Morgan fingerprint density at radius 1 is 1.07 bits per heavy atom. The number of thiophene rings is 1. The molecule has 3 aromatic rings. The van der Waals surface area contributed by atoms with Gasteiger partial charge in [0.05, 0.1) is 5.52 Å². The summed E-state index contributed by atoms with van der Waals surface area (Å²) >= 11 is 1.67. The highest BCUT2D eigenvalue weighted by Gasteiger charge is 2.23. The van der Waals surface area contributed by atoms with E-state index in [0.29, 0.717) is 0 Å². The number of nitrogens with zero attached hydrogens (tertiary/aromatic N) is 4. The highest BCUT2D eigenvalue weighted by molar-refractivity contribution is 7.08. The number of hydrogen-bond acceptors (Lipinski definition) is 6. The number of fused-ring (bicyclic) bond motifs is 1. The van der Waals surface area contributed by atoms with Gasteiger partial charge in [0.2, 0.25) is 0 Å². The topological polar surface area (TPSA) is 44.3 Å². The van der Waals surface area contributed by atoms with Crippen molar-refractivity contribution in [2.45, 2.75) is 25.8 Å². The summed E-state index contributed by atoms with van der Waals surface area (Å²) in [6, 6.07) is 10.3. The Morgan fingerprint density at radius 3 is 2.61 bits per heavy atom. The Morgan fingerprint density at radius 2 is 1.86 bits per heavy atom. The third kappa shape index (κ3) is 4.51. The molecular weight excluding hydrogens is 366 g/mol. The second kappa shape index (κ2) is 8.15. The molecule has 0 unspecified atom stereocenters. The predicted molar refractivity (Wildman–Crippen MR) is 119 cm³/mol. The number of hydrogen-bond donors (Lipinski definition) is 1. The van der Waals surface area contributed by atoms with Crippen LogP contribution >= 0.6 is 11.3 Å². The fourth-order valence-electron chi connectivity index (χ4n) is 3.58. The SMILES string of the molecule is CN1CCN(CCC(C)(C)Nc2nc(-c3ccsc3)nc3ccccc23)CC1. The lowest BCUT2D eigenvalue weighted by Gasteiger charge is -2.35. The molecular formula is C22H29N5S. The van der Waals surface area contributed by atoms with Crippen molar-refractivity contribution < 1.29 is 0 Å². The molecule has 0 amide bonds. The molecule has 0 bridgehead atoms. The normalized spacial score (nSPS) is 16.5. The molecule has 1 aromatic carbocycles. The molecule has 0 spiro atoms. The van der Waals surface area contributed by atoms with Crippen LogP contribution in [-0.2, 0) is 0 Å². The summed E-state index contributed by atoms with van der Waals surface area (Å²) < 4.78 is 0. The van der Waals surface area contributed by atoms with E-state index in [1.54, 1.807) is 11.3 Å². The summed E-state index contributed by atoms with van der Waals surface area (Å²) in [4.78, 5) is 14.6. The van der Waals surface area contributed by atoms with Crippen LogP contribution in [0.1, 0.15) is 20.3 Å². The van der Waals surface area contributed by atoms with E-state index in [1.807, 2.05) is 6.07 Å². The lowest BCUT2D eigenvalue weighted by atomic mass is 9.99. The van der Waals surface area contributed by atoms with E-state index in [9.17, 15) is 0 Å². The molecule has 4 rings (SSSR count). The van der Waals surface area contributed by atoms with E-state index in [-0.39, 0.29) is 5.54 Å². The van der Waals surface area contributed by atoms with Gasteiger partial charge in [-0.1, -0.05) is 12.1 Å². The predicted octanol–water partition coefficient (Wildman–Crippen LogP) is 4.19. The lowest BCUT2D eigenvalue weighted by Crippen LogP contribution is -2.46. The maximum Gasteiger partial charge on any atom is 0.162 e. The number of nitrogens with one attached hydrogen (secondary N) is 1. The van der Waals surface area contributed by atoms with Crippen molar-refractivity contribution in [3.05, 3.63) is 41.1 Å². The molecule has 5 nitrogen and oxygen atoms in total. The maximum absolute atomic E-state index is 4.90. The van der Waals surface area contributed by atoms with Gasteiger partial charge in [-0.15, -0.1) is 0 Å². The summed E-state index contributed by atoms with van der Waals surface area (Å²) in [7, 11) is 2.20. The van der Waals surface area contributed by atoms with E-state index in [0.717, 1.165) is 67.3 Å². The Balaban J connectivity index is 1.54. The molecule has 2 aromatic heterocycles. The summed E-state index contributed by atoms with van der Waals surface area (Å²) in [6.07, 6.45) is 1.07. The molecule has 6 heteroatoms. The zero-order valence-electron chi connectivity index (χ0n) is 17.0. The number of anilines is 1. The second-order valence-corrected chi connectivity index (χ2v) is 9.11. The highest BCUT2D eigenvalue weighted by atomic mass is 32.1. The van der Waals surface area contributed by atoms with Crippen LogP contribution in [0.4, 0.5) is 5.82 Å². The van der Waals surface area contributed by atoms with Crippen molar-refractivity contribution in [3.63, 3.8) is 0 Å². The minimum atomic E-state index is -0.0492. The molecule has 148 valence electrons. The molecule has 0 radical (unpaired) electrons. The van der Waals surface area contributed by atoms with Crippen LogP contribution in [0.15, 0.2) is 41.1 Å². The van der Waals surface area contributed by atoms with Crippen LogP contribution in [0.25, 0.3) is 22.3 Å². The Labute approximate surface area is 171 Å². The van der Waals surface area contributed by atoms with Gasteiger partial charge >= 0.3 is 0 Å². The van der Waals surface area contributed by atoms with Gasteiger partial charge in [0, 0.05) is 54.6 Å². The zero-order chi connectivity index (χ0) is 19.6. The minimum Gasteiger partial charge on any atom is -0.365 e. The van der Waals surface area contributed by atoms with Crippen LogP contribution in [0, 0.1) is 0 Å². The van der Waals surface area contributed by atoms with Crippen molar-refractivity contribution in [1.82, 2.24) is 19.8 Å². The van der Waals surface area contributed by atoms with Gasteiger partial charge in [-0.3, -0.25) is 0 Å². The Kier molecular flexibility index (Phi) is 5.62. The Bertz CT molecular complexity index is 914. The highest BCUT2D eigenvalue weighted by Crippen LogP contribution is 2.28. The van der Waals surface area contributed by atoms with Gasteiger partial charge in [-0.2, -0.15) is 11.3 Å². The molecule has 1 fully saturated rings. The number of para-hydroxylation sites is 1. The lowest BCUT2D eigenvalue weighted by molar-refractivity contribution is 0.147. The van der Waals surface area contributed by atoms with Gasteiger partial charge in [0.25, 0.3) is 0 Å². The molecule has 1 aliphatic heterocycles. The van der Waals surface area contributed by atoms with Gasteiger partial charge in [-0.05, 0) is 50.9 Å². The van der Waals surface area contributed by atoms with E-state index in [4.69, 9.17) is 9.97 Å². The summed E-state index contributed by atoms with van der Waals surface area (Å²) in [5.41, 5.74) is 2.01. The van der Waals surface area contributed by atoms with E-state index in [2.05, 4.69) is 71.0 Å². The van der Waals surface area contributed by atoms with Gasteiger partial charge in [-0.25, -0.2) is 9.97 Å². The first-order chi connectivity index (χ1) is 13.5. The van der Waals surface area contributed by atoms with Crippen LogP contribution < -0.4 is 5.32 Å². The van der Waals surface area contributed by atoms with Crippen molar-refractivity contribution in [2.75, 3.05) is 45.1 Å². The molecule has 0 aliphatic carbocycles. The van der Waals surface area contributed by atoms with Gasteiger partial charge in [0.1, 0.15) is 5.82 Å². The largest absolute Gasteiger partial charge is 0.365 e. The van der Waals surface area contributed by atoms with Crippen LogP contribution in [0.2, 0.25) is 0 Å². The third-order valence-electron chi connectivity index (χ3n) is 5.49. The average molecular weight is 396 g/mol. The summed E-state index contributed by atoms with van der Waals surface area (Å²) in [6.45, 7) is 10.3. The number of piperazine rings is 1. The fourth-order valence-corrected chi connectivity index (χ4v) is 4.22. The average Bonchev–Trinajstić information content (AvgIpc) is 3.22. The molecule has 1 saturated heterocycles. The van der Waals surface area contributed by atoms with Crippen LogP contribution in [0.3, 0.4) is 0 Å².